The number of likely N-dealkylation sites (tertiary alicyclic amines) is 1. The van der Waals surface area contributed by atoms with E-state index in [0.29, 0.717) is 12.3 Å². The highest BCUT2D eigenvalue weighted by Gasteiger charge is 2.22. The first-order valence-corrected chi connectivity index (χ1v) is 10.2. The number of hydrogen-bond donors (Lipinski definition) is 1. The molecule has 1 aromatic heterocycles. The number of nitrogens with zero attached hydrogens (tertiary/aromatic N) is 1. The second-order valence-corrected chi connectivity index (χ2v) is 7.71. The van der Waals surface area contributed by atoms with E-state index in [4.69, 9.17) is 0 Å². The summed E-state index contributed by atoms with van der Waals surface area (Å²) in [6.07, 6.45) is 8.15. The Kier molecular flexibility index (Phi) is 5.57. The molecule has 4 rings (SSSR count). The van der Waals surface area contributed by atoms with E-state index in [1.54, 1.807) is 0 Å². The number of rotatable bonds is 6. The molecule has 1 N–H and O–H groups in total. The van der Waals surface area contributed by atoms with E-state index in [2.05, 4.69) is 58.4 Å². The number of amides is 1. The minimum absolute atomic E-state index is 0.307. The summed E-state index contributed by atoms with van der Waals surface area (Å²) in [5, 5.41) is 1.24. The average Bonchev–Trinajstić information content (AvgIpc) is 3.15. The number of H-pyrrole nitrogens is 1. The molecule has 0 unspecified atom stereocenters. The van der Waals surface area contributed by atoms with Crippen molar-refractivity contribution in [2.24, 2.45) is 5.92 Å². The standard InChI is InChI=1S/C24H28N2O/c27-24(13-12-21-18-25-23-9-5-4-8-22(21)23)26-16-14-20(15-17-26)11-10-19-6-2-1-3-7-19/h1-9,18,20,25H,10-17H2. The number of carbonyl (C=O) groups excluding carboxylic acids is 1. The number of aromatic amines is 1. The predicted molar refractivity (Wildman–Crippen MR) is 111 cm³/mol. The number of hydrogen-bond acceptors (Lipinski definition) is 1. The highest BCUT2D eigenvalue weighted by Crippen LogP contribution is 2.24. The van der Waals surface area contributed by atoms with Gasteiger partial charge in [-0.3, -0.25) is 4.79 Å². The summed E-state index contributed by atoms with van der Waals surface area (Å²) in [5.41, 5.74) is 3.82. The molecule has 1 amide bonds. The molecule has 140 valence electrons. The van der Waals surface area contributed by atoms with Crippen molar-refractivity contribution in [1.29, 1.82) is 0 Å². The maximum Gasteiger partial charge on any atom is 0.222 e. The molecule has 0 radical (unpaired) electrons. The number of benzene rings is 2. The largest absolute Gasteiger partial charge is 0.361 e. The van der Waals surface area contributed by atoms with Crippen LogP contribution in [-0.2, 0) is 17.6 Å². The number of aryl methyl sites for hydroxylation is 2. The second kappa shape index (κ2) is 8.43. The molecule has 1 aliphatic heterocycles. The predicted octanol–water partition coefficient (Wildman–Crippen LogP) is 4.97. The minimum atomic E-state index is 0.307. The number of para-hydroxylation sites is 1. The molecule has 1 saturated heterocycles. The number of piperidine rings is 1. The lowest BCUT2D eigenvalue weighted by Gasteiger charge is -2.32. The van der Waals surface area contributed by atoms with Gasteiger partial charge in [-0.25, -0.2) is 0 Å². The Morgan fingerprint density at radius 1 is 0.963 bits per heavy atom. The van der Waals surface area contributed by atoms with Crippen LogP contribution >= 0.6 is 0 Å². The van der Waals surface area contributed by atoms with E-state index in [0.717, 1.165) is 50.2 Å². The van der Waals surface area contributed by atoms with Crippen molar-refractivity contribution in [2.45, 2.75) is 38.5 Å². The molecular weight excluding hydrogens is 332 g/mol. The van der Waals surface area contributed by atoms with Crippen LogP contribution in [0.5, 0.6) is 0 Å². The Bertz CT molecular complexity index is 876. The molecule has 2 aromatic carbocycles. The van der Waals surface area contributed by atoms with E-state index < -0.39 is 0 Å². The lowest BCUT2D eigenvalue weighted by molar-refractivity contribution is -0.132. The van der Waals surface area contributed by atoms with E-state index in [9.17, 15) is 4.79 Å². The van der Waals surface area contributed by atoms with Gasteiger partial charge in [0.25, 0.3) is 0 Å². The number of carbonyl (C=O) groups is 1. The van der Waals surface area contributed by atoms with Crippen molar-refractivity contribution in [2.75, 3.05) is 13.1 Å². The van der Waals surface area contributed by atoms with Crippen LogP contribution in [-0.4, -0.2) is 28.9 Å². The highest BCUT2D eigenvalue weighted by molar-refractivity contribution is 5.84. The van der Waals surface area contributed by atoms with Crippen molar-refractivity contribution < 1.29 is 4.79 Å². The summed E-state index contributed by atoms with van der Waals surface area (Å²) in [7, 11) is 0. The van der Waals surface area contributed by atoms with Gasteiger partial charge in [0, 0.05) is 36.6 Å². The van der Waals surface area contributed by atoms with Crippen molar-refractivity contribution in [1.82, 2.24) is 9.88 Å². The quantitative estimate of drug-likeness (QED) is 0.662. The van der Waals surface area contributed by atoms with Crippen molar-refractivity contribution in [3.05, 3.63) is 71.9 Å². The zero-order chi connectivity index (χ0) is 18.5. The van der Waals surface area contributed by atoms with Crippen LogP contribution in [0.1, 0.15) is 36.8 Å². The normalized spacial score (nSPS) is 15.3. The smallest absolute Gasteiger partial charge is 0.222 e. The zero-order valence-corrected chi connectivity index (χ0v) is 15.9. The third kappa shape index (κ3) is 4.41. The summed E-state index contributed by atoms with van der Waals surface area (Å²) in [4.78, 5) is 18.0. The molecule has 2 heterocycles. The fourth-order valence-electron chi connectivity index (χ4n) is 4.22. The van der Waals surface area contributed by atoms with Gasteiger partial charge in [-0.15, -0.1) is 0 Å². The molecule has 3 nitrogen and oxygen atoms in total. The van der Waals surface area contributed by atoms with E-state index in [1.807, 2.05) is 12.3 Å². The first-order valence-electron chi connectivity index (χ1n) is 10.2. The van der Waals surface area contributed by atoms with Crippen molar-refractivity contribution in [3.63, 3.8) is 0 Å². The van der Waals surface area contributed by atoms with Gasteiger partial charge in [-0.05, 0) is 55.2 Å². The fourth-order valence-corrected chi connectivity index (χ4v) is 4.22. The molecule has 1 aliphatic rings. The van der Waals surface area contributed by atoms with E-state index >= 15 is 0 Å². The van der Waals surface area contributed by atoms with Gasteiger partial charge in [0.2, 0.25) is 5.91 Å². The number of fused-ring (bicyclic) bond motifs is 1. The number of aromatic nitrogens is 1. The van der Waals surface area contributed by atoms with Crippen molar-refractivity contribution >= 4 is 16.8 Å². The van der Waals surface area contributed by atoms with Crippen LogP contribution in [0.4, 0.5) is 0 Å². The van der Waals surface area contributed by atoms with Gasteiger partial charge in [-0.2, -0.15) is 0 Å². The summed E-state index contributed by atoms with van der Waals surface area (Å²) >= 11 is 0. The van der Waals surface area contributed by atoms with Crippen LogP contribution in [0, 0.1) is 5.92 Å². The summed E-state index contributed by atoms with van der Waals surface area (Å²) in [6.45, 7) is 1.85. The molecule has 3 heteroatoms. The van der Waals surface area contributed by atoms with Gasteiger partial charge < -0.3 is 9.88 Å². The molecule has 3 aromatic rings. The molecule has 27 heavy (non-hydrogen) atoms. The van der Waals surface area contributed by atoms with Crippen LogP contribution in [0.2, 0.25) is 0 Å². The fraction of sp³-hybridized carbons (Fsp3) is 0.375. The molecule has 0 atom stereocenters. The topological polar surface area (TPSA) is 36.1 Å². The first-order chi connectivity index (χ1) is 13.3. The Morgan fingerprint density at radius 2 is 1.70 bits per heavy atom. The maximum atomic E-state index is 12.6. The van der Waals surface area contributed by atoms with Gasteiger partial charge in [0.15, 0.2) is 0 Å². The highest BCUT2D eigenvalue weighted by atomic mass is 16.2. The van der Waals surface area contributed by atoms with Crippen LogP contribution in [0.15, 0.2) is 60.8 Å². The van der Waals surface area contributed by atoms with E-state index in [1.165, 1.54) is 22.9 Å². The zero-order valence-electron chi connectivity index (χ0n) is 15.9. The van der Waals surface area contributed by atoms with Crippen LogP contribution in [0.25, 0.3) is 10.9 Å². The lowest BCUT2D eigenvalue weighted by atomic mass is 9.90. The van der Waals surface area contributed by atoms with Gasteiger partial charge in [0.05, 0.1) is 0 Å². The van der Waals surface area contributed by atoms with Crippen LogP contribution < -0.4 is 0 Å². The summed E-state index contributed by atoms with van der Waals surface area (Å²) in [5.74, 6) is 1.06. The van der Waals surface area contributed by atoms with Gasteiger partial charge >= 0.3 is 0 Å². The van der Waals surface area contributed by atoms with Gasteiger partial charge in [0.1, 0.15) is 0 Å². The molecule has 0 bridgehead atoms. The Balaban J connectivity index is 1.23. The van der Waals surface area contributed by atoms with Crippen molar-refractivity contribution in [3.8, 4) is 0 Å². The Hall–Kier alpha value is -2.55. The maximum absolute atomic E-state index is 12.6. The van der Waals surface area contributed by atoms with Crippen LogP contribution in [0.3, 0.4) is 0 Å². The minimum Gasteiger partial charge on any atom is -0.361 e. The third-order valence-corrected chi connectivity index (χ3v) is 5.93. The molecule has 0 spiro atoms. The third-order valence-electron chi connectivity index (χ3n) is 5.93. The molecular formula is C24H28N2O. The molecule has 1 fully saturated rings. The average molecular weight is 361 g/mol. The summed E-state index contributed by atoms with van der Waals surface area (Å²) in [6, 6.07) is 19.0. The lowest BCUT2D eigenvalue weighted by Crippen LogP contribution is -2.38. The Labute approximate surface area is 161 Å². The number of nitrogens with one attached hydrogen (secondary N) is 1. The first kappa shape index (κ1) is 17.8. The monoisotopic (exact) mass is 360 g/mol. The Morgan fingerprint density at radius 3 is 2.52 bits per heavy atom. The SMILES string of the molecule is O=C(CCc1c[nH]c2ccccc12)N1CCC(CCc2ccccc2)CC1. The van der Waals surface area contributed by atoms with E-state index in [-0.39, 0.29) is 0 Å². The van der Waals surface area contributed by atoms with Gasteiger partial charge in [-0.1, -0.05) is 48.5 Å². The molecule has 0 aliphatic carbocycles. The summed E-state index contributed by atoms with van der Waals surface area (Å²) < 4.78 is 0. The second-order valence-electron chi connectivity index (χ2n) is 7.71. The molecule has 0 saturated carbocycles.